The standard InChI is InChI=1S/C27H19FN2O/c28-23-9-6-7-19(16-23)15-21-14-13-20-8-4-5-12-25(20)26(21)17-22(18-29)27(31)30-24-10-2-1-3-11-24/h1-14,16-17H,15H2,(H,30,31)/b22-17+. The summed E-state index contributed by atoms with van der Waals surface area (Å²) in [6.45, 7) is 0. The molecule has 0 saturated carbocycles. The molecule has 0 radical (unpaired) electrons. The van der Waals surface area contributed by atoms with Crippen LogP contribution in [0.1, 0.15) is 16.7 Å². The number of hydrogen-bond donors (Lipinski definition) is 1. The van der Waals surface area contributed by atoms with Crippen LogP contribution in [0.15, 0.2) is 96.6 Å². The van der Waals surface area contributed by atoms with E-state index in [-0.39, 0.29) is 11.4 Å². The zero-order chi connectivity index (χ0) is 21.6. The predicted octanol–water partition coefficient (Wildman–Crippen LogP) is 6.12. The van der Waals surface area contributed by atoms with Crippen molar-refractivity contribution >= 4 is 28.4 Å². The molecular weight excluding hydrogens is 387 g/mol. The molecule has 0 aromatic heterocycles. The fourth-order valence-corrected chi connectivity index (χ4v) is 3.55. The number of nitrogens with zero attached hydrogens (tertiary/aromatic N) is 1. The molecule has 0 aliphatic carbocycles. The molecule has 1 amide bonds. The van der Waals surface area contributed by atoms with E-state index in [1.54, 1.807) is 24.3 Å². The van der Waals surface area contributed by atoms with Gasteiger partial charge in [-0.2, -0.15) is 5.26 Å². The summed E-state index contributed by atoms with van der Waals surface area (Å²) < 4.78 is 13.7. The van der Waals surface area contributed by atoms with E-state index in [1.807, 2.05) is 66.7 Å². The third-order valence-electron chi connectivity index (χ3n) is 5.03. The zero-order valence-corrected chi connectivity index (χ0v) is 16.7. The van der Waals surface area contributed by atoms with Crippen LogP contribution in [0.25, 0.3) is 16.8 Å². The topological polar surface area (TPSA) is 52.9 Å². The van der Waals surface area contributed by atoms with Crippen molar-refractivity contribution < 1.29 is 9.18 Å². The van der Waals surface area contributed by atoms with E-state index in [9.17, 15) is 14.4 Å². The van der Waals surface area contributed by atoms with Crippen LogP contribution in [-0.4, -0.2) is 5.91 Å². The van der Waals surface area contributed by atoms with Gasteiger partial charge in [-0.25, -0.2) is 4.39 Å². The highest BCUT2D eigenvalue weighted by Crippen LogP contribution is 2.27. The number of nitrogens with one attached hydrogen (secondary N) is 1. The normalized spacial score (nSPS) is 11.2. The summed E-state index contributed by atoms with van der Waals surface area (Å²) in [5, 5.41) is 14.4. The number of benzene rings is 4. The third-order valence-corrected chi connectivity index (χ3v) is 5.03. The quantitative estimate of drug-likeness (QED) is 0.321. The van der Waals surface area contributed by atoms with Gasteiger partial charge in [0.15, 0.2) is 0 Å². The maximum atomic E-state index is 13.7. The third kappa shape index (κ3) is 4.68. The lowest BCUT2D eigenvalue weighted by atomic mass is 9.93. The van der Waals surface area contributed by atoms with Crippen LogP contribution in [0.2, 0.25) is 0 Å². The number of amides is 1. The van der Waals surface area contributed by atoms with E-state index >= 15 is 0 Å². The lowest BCUT2D eigenvalue weighted by molar-refractivity contribution is -0.112. The number of halogens is 1. The molecule has 4 aromatic rings. The van der Waals surface area contributed by atoms with Gasteiger partial charge in [-0.3, -0.25) is 4.79 Å². The van der Waals surface area contributed by atoms with Crippen LogP contribution in [0, 0.1) is 17.1 Å². The fraction of sp³-hybridized carbons (Fsp3) is 0.0370. The van der Waals surface area contributed by atoms with E-state index in [0.717, 1.165) is 27.5 Å². The van der Waals surface area contributed by atoms with Crippen molar-refractivity contribution in [1.82, 2.24) is 0 Å². The molecule has 31 heavy (non-hydrogen) atoms. The minimum Gasteiger partial charge on any atom is -0.321 e. The molecule has 0 heterocycles. The van der Waals surface area contributed by atoms with Gasteiger partial charge in [-0.15, -0.1) is 0 Å². The molecule has 0 aliphatic heterocycles. The summed E-state index contributed by atoms with van der Waals surface area (Å²) in [5.41, 5.74) is 3.12. The van der Waals surface area contributed by atoms with Gasteiger partial charge in [-0.1, -0.05) is 66.7 Å². The average molecular weight is 406 g/mol. The van der Waals surface area contributed by atoms with E-state index in [0.29, 0.717) is 12.1 Å². The Bertz CT molecular complexity index is 1320. The van der Waals surface area contributed by atoms with E-state index in [1.165, 1.54) is 12.1 Å². The Morgan fingerprint density at radius 3 is 2.48 bits per heavy atom. The summed E-state index contributed by atoms with van der Waals surface area (Å²) in [7, 11) is 0. The number of anilines is 1. The monoisotopic (exact) mass is 406 g/mol. The summed E-state index contributed by atoms with van der Waals surface area (Å²) in [4.78, 5) is 12.7. The Kier molecular flexibility index (Phi) is 5.86. The Labute approximate surface area is 180 Å². The van der Waals surface area contributed by atoms with Gasteiger partial charge in [0.05, 0.1) is 0 Å². The Morgan fingerprint density at radius 1 is 0.935 bits per heavy atom. The van der Waals surface area contributed by atoms with E-state index < -0.39 is 5.91 Å². The van der Waals surface area contributed by atoms with Crippen LogP contribution >= 0.6 is 0 Å². The molecule has 0 fully saturated rings. The van der Waals surface area contributed by atoms with Gasteiger partial charge in [0, 0.05) is 5.69 Å². The molecule has 0 saturated heterocycles. The molecular formula is C27H19FN2O. The molecule has 1 N–H and O–H groups in total. The Hall–Kier alpha value is -4.23. The van der Waals surface area contributed by atoms with Crippen molar-refractivity contribution in [3.05, 3.63) is 119 Å². The highest BCUT2D eigenvalue weighted by atomic mass is 19.1. The van der Waals surface area contributed by atoms with Gasteiger partial charge in [-0.05, 0) is 64.2 Å². The number of hydrogen-bond acceptors (Lipinski definition) is 2. The lowest BCUT2D eigenvalue weighted by Gasteiger charge is -2.12. The van der Waals surface area contributed by atoms with Crippen molar-refractivity contribution in [2.75, 3.05) is 5.32 Å². The largest absolute Gasteiger partial charge is 0.321 e. The average Bonchev–Trinajstić information content (AvgIpc) is 2.79. The summed E-state index contributed by atoms with van der Waals surface area (Å²) >= 11 is 0. The van der Waals surface area contributed by atoms with Crippen LogP contribution in [-0.2, 0) is 11.2 Å². The number of para-hydroxylation sites is 1. The SMILES string of the molecule is N#C/C(=C\c1c(Cc2cccc(F)c2)ccc2ccccc12)C(=O)Nc1ccccc1. The Morgan fingerprint density at radius 2 is 1.71 bits per heavy atom. The molecule has 0 spiro atoms. The van der Waals surface area contributed by atoms with Crippen molar-refractivity contribution in [3.8, 4) is 6.07 Å². The predicted molar refractivity (Wildman–Crippen MR) is 122 cm³/mol. The van der Waals surface area contributed by atoms with Gasteiger partial charge >= 0.3 is 0 Å². The smallest absolute Gasteiger partial charge is 0.266 e. The van der Waals surface area contributed by atoms with Crippen molar-refractivity contribution in [1.29, 1.82) is 5.26 Å². The van der Waals surface area contributed by atoms with Gasteiger partial charge < -0.3 is 5.32 Å². The molecule has 4 heteroatoms. The van der Waals surface area contributed by atoms with Crippen molar-refractivity contribution in [3.63, 3.8) is 0 Å². The van der Waals surface area contributed by atoms with Crippen LogP contribution < -0.4 is 5.32 Å². The number of nitriles is 1. The maximum Gasteiger partial charge on any atom is 0.266 e. The summed E-state index contributed by atoms with van der Waals surface area (Å²) in [6.07, 6.45) is 2.10. The summed E-state index contributed by atoms with van der Waals surface area (Å²) in [6, 6.07) is 29.2. The van der Waals surface area contributed by atoms with Crippen molar-refractivity contribution in [2.24, 2.45) is 0 Å². The van der Waals surface area contributed by atoms with Crippen LogP contribution in [0.3, 0.4) is 0 Å². The Balaban J connectivity index is 1.78. The molecule has 4 aromatic carbocycles. The van der Waals surface area contributed by atoms with Gasteiger partial charge in [0.25, 0.3) is 5.91 Å². The van der Waals surface area contributed by atoms with Crippen LogP contribution in [0.5, 0.6) is 0 Å². The number of fused-ring (bicyclic) bond motifs is 1. The fourth-order valence-electron chi connectivity index (χ4n) is 3.55. The second-order valence-corrected chi connectivity index (χ2v) is 7.16. The van der Waals surface area contributed by atoms with Gasteiger partial charge in [0.1, 0.15) is 17.5 Å². The zero-order valence-electron chi connectivity index (χ0n) is 16.7. The van der Waals surface area contributed by atoms with E-state index in [2.05, 4.69) is 5.32 Å². The first-order valence-electron chi connectivity index (χ1n) is 9.87. The molecule has 150 valence electrons. The molecule has 0 aliphatic rings. The maximum absolute atomic E-state index is 13.7. The second kappa shape index (κ2) is 9.06. The molecule has 0 bridgehead atoms. The van der Waals surface area contributed by atoms with Gasteiger partial charge in [0.2, 0.25) is 0 Å². The molecule has 4 rings (SSSR count). The minimum atomic E-state index is -0.474. The minimum absolute atomic E-state index is 0.000647. The first kappa shape index (κ1) is 20.1. The molecule has 3 nitrogen and oxygen atoms in total. The number of carbonyl (C=O) groups excluding carboxylic acids is 1. The first-order chi connectivity index (χ1) is 15.1. The first-order valence-corrected chi connectivity index (χ1v) is 9.87. The van der Waals surface area contributed by atoms with Crippen LogP contribution in [0.4, 0.5) is 10.1 Å². The number of rotatable bonds is 5. The number of carbonyl (C=O) groups is 1. The van der Waals surface area contributed by atoms with Crippen molar-refractivity contribution in [2.45, 2.75) is 6.42 Å². The van der Waals surface area contributed by atoms with E-state index in [4.69, 9.17) is 0 Å². The second-order valence-electron chi connectivity index (χ2n) is 7.16. The highest BCUT2D eigenvalue weighted by Gasteiger charge is 2.13. The summed E-state index contributed by atoms with van der Waals surface area (Å²) in [5.74, 6) is -0.770. The molecule has 0 unspecified atom stereocenters. The molecule has 0 atom stereocenters. The lowest BCUT2D eigenvalue weighted by Crippen LogP contribution is -2.13. The highest BCUT2D eigenvalue weighted by molar-refractivity contribution is 6.11.